The Morgan fingerprint density at radius 3 is 2.50 bits per heavy atom. The van der Waals surface area contributed by atoms with E-state index in [1.54, 1.807) is 6.21 Å². The molecule has 46 valence electrons. The van der Waals surface area contributed by atoms with E-state index in [1.807, 2.05) is 13.8 Å². The Kier molecular flexibility index (Phi) is 3.94. The number of ether oxygens (including phenoxy) is 1. The predicted molar refractivity (Wildman–Crippen MR) is 34.9 cm³/mol. The molecule has 0 bridgehead atoms. The fraction of sp³-hybridized carbons (Fsp3) is 0.500. The van der Waals surface area contributed by atoms with Gasteiger partial charge in [-0.3, -0.25) is 0 Å². The average molecular weight is 113 g/mol. The molecule has 0 aliphatic carbocycles. The molecule has 0 saturated heterocycles. The van der Waals surface area contributed by atoms with Crippen LogP contribution in [0.3, 0.4) is 0 Å². The van der Waals surface area contributed by atoms with Gasteiger partial charge in [0.15, 0.2) is 0 Å². The fourth-order valence-electron chi connectivity index (χ4n) is 0.310. The molecule has 0 aromatic rings. The first-order chi connectivity index (χ1) is 3.89. The van der Waals surface area contributed by atoms with E-state index in [0.29, 0.717) is 12.5 Å². The lowest BCUT2D eigenvalue weighted by Crippen LogP contribution is -1.78. The van der Waals surface area contributed by atoms with Crippen molar-refractivity contribution in [2.45, 2.75) is 13.8 Å². The van der Waals surface area contributed by atoms with Gasteiger partial charge in [0, 0.05) is 6.21 Å². The number of rotatable bonds is 0. The van der Waals surface area contributed by atoms with Crippen molar-refractivity contribution in [3.8, 4) is 0 Å². The van der Waals surface area contributed by atoms with Crippen LogP contribution in [0.15, 0.2) is 17.5 Å². The zero-order chi connectivity index (χ0) is 6.41. The summed E-state index contributed by atoms with van der Waals surface area (Å²) in [6, 6.07) is 0. The Hall–Kier alpha value is -0.790. The van der Waals surface area contributed by atoms with E-state index < -0.39 is 0 Å². The van der Waals surface area contributed by atoms with Gasteiger partial charge in [0.1, 0.15) is 6.61 Å². The third kappa shape index (κ3) is 2.39. The molecule has 1 rings (SSSR count). The summed E-state index contributed by atoms with van der Waals surface area (Å²) < 4.78 is 4.74. The van der Waals surface area contributed by atoms with Crippen LogP contribution < -0.4 is 0 Å². The lowest BCUT2D eigenvalue weighted by Gasteiger charge is -1.85. The molecule has 0 atom stereocenters. The van der Waals surface area contributed by atoms with Crippen molar-refractivity contribution in [2.75, 3.05) is 6.61 Å². The van der Waals surface area contributed by atoms with Crippen LogP contribution in [-0.2, 0) is 4.74 Å². The summed E-state index contributed by atoms with van der Waals surface area (Å²) in [5.41, 5.74) is 0. The second-order valence-electron chi connectivity index (χ2n) is 1.02. The summed E-state index contributed by atoms with van der Waals surface area (Å²) in [7, 11) is 0. The van der Waals surface area contributed by atoms with Crippen molar-refractivity contribution >= 4 is 6.21 Å². The van der Waals surface area contributed by atoms with Crippen molar-refractivity contribution in [1.29, 1.82) is 0 Å². The lowest BCUT2D eigenvalue weighted by atomic mass is 10.8. The molecule has 0 amide bonds. The van der Waals surface area contributed by atoms with Crippen molar-refractivity contribution < 1.29 is 4.74 Å². The summed E-state index contributed by atoms with van der Waals surface area (Å²) >= 11 is 0. The highest BCUT2D eigenvalue weighted by atomic mass is 16.5. The van der Waals surface area contributed by atoms with Gasteiger partial charge in [-0.2, -0.15) is 0 Å². The zero-order valence-electron chi connectivity index (χ0n) is 5.35. The molecule has 1 heterocycles. The molecular formula is C6H11NO. The van der Waals surface area contributed by atoms with Crippen molar-refractivity contribution in [3.63, 3.8) is 0 Å². The Balaban J connectivity index is 0.000000222. The van der Waals surface area contributed by atoms with Gasteiger partial charge in [-0.1, -0.05) is 13.8 Å². The standard InChI is InChI=1S/C4H5NO.C2H6/c1-4-5-2-3-6-4;1-2/h2H,1,3H2;1-2H3. The van der Waals surface area contributed by atoms with Gasteiger partial charge < -0.3 is 4.74 Å². The van der Waals surface area contributed by atoms with E-state index in [0.717, 1.165) is 0 Å². The third-order valence-electron chi connectivity index (χ3n) is 0.560. The van der Waals surface area contributed by atoms with Crippen LogP contribution in [-0.4, -0.2) is 12.8 Å². The van der Waals surface area contributed by atoms with Crippen LogP contribution in [0, 0.1) is 0 Å². The largest absolute Gasteiger partial charge is 0.472 e. The Morgan fingerprint density at radius 1 is 1.75 bits per heavy atom. The SMILES string of the molecule is C=C1N=CCO1.CC. The molecule has 2 nitrogen and oxygen atoms in total. The van der Waals surface area contributed by atoms with Crippen LogP contribution in [0.2, 0.25) is 0 Å². The summed E-state index contributed by atoms with van der Waals surface area (Å²) in [5, 5.41) is 0. The van der Waals surface area contributed by atoms with Gasteiger partial charge >= 0.3 is 0 Å². The van der Waals surface area contributed by atoms with Crippen LogP contribution in [0.25, 0.3) is 0 Å². The van der Waals surface area contributed by atoms with Crippen molar-refractivity contribution in [3.05, 3.63) is 12.5 Å². The van der Waals surface area contributed by atoms with Gasteiger partial charge in [-0.15, -0.1) is 0 Å². The second kappa shape index (κ2) is 4.37. The van der Waals surface area contributed by atoms with Gasteiger partial charge in [0.05, 0.1) is 0 Å². The van der Waals surface area contributed by atoms with Crippen LogP contribution >= 0.6 is 0 Å². The minimum Gasteiger partial charge on any atom is -0.472 e. The Bertz CT molecular complexity index is 96.7. The first kappa shape index (κ1) is 7.21. The lowest BCUT2D eigenvalue weighted by molar-refractivity contribution is 0.280. The molecule has 0 aromatic carbocycles. The van der Waals surface area contributed by atoms with E-state index in [2.05, 4.69) is 11.6 Å². The van der Waals surface area contributed by atoms with E-state index in [9.17, 15) is 0 Å². The van der Waals surface area contributed by atoms with Crippen LogP contribution in [0.1, 0.15) is 13.8 Å². The van der Waals surface area contributed by atoms with Gasteiger partial charge in [0.25, 0.3) is 0 Å². The number of nitrogens with zero attached hydrogens (tertiary/aromatic N) is 1. The highest BCUT2D eigenvalue weighted by molar-refractivity contribution is 5.62. The molecule has 0 radical (unpaired) electrons. The molecular weight excluding hydrogens is 102 g/mol. The van der Waals surface area contributed by atoms with Gasteiger partial charge in [-0.05, 0) is 6.58 Å². The van der Waals surface area contributed by atoms with E-state index in [-0.39, 0.29) is 0 Å². The molecule has 2 heteroatoms. The Labute approximate surface area is 49.9 Å². The number of aliphatic imine (C=N–C) groups is 1. The molecule has 0 spiro atoms. The van der Waals surface area contributed by atoms with Crippen LogP contribution in [0.4, 0.5) is 0 Å². The normalized spacial score (nSPS) is 14.5. The highest BCUT2D eigenvalue weighted by Crippen LogP contribution is 1.97. The number of hydrogen-bond donors (Lipinski definition) is 0. The molecule has 0 fully saturated rings. The summed E-state index contributed by atoms with van der Waals surface area (Å²) in [5.74, 6) is 0.523. The van der Waals surface area contributed by atoms with E-state index >= 15 is 0 Å². The summed E-state index contributed by atoms with van der Waals surface area (Å²) in [6.45, 7) is 8.03. The topological polar surface area (TPSA) is 21.6 Å². The maximum atomic E-state index is 4.74. The molecule has 8 heavy (non-hydrogen) atoms. The van der Waals surface area contributed by atoms with E-state index in [4.69, 9.17) is 4.74 Å². The van der Waals surface area contributed by atoms with Crippen molar-refractivity contribution in [2.24, 2.45) is 4.99 Å². The first-order valence-corrected chi connectivity index (χ1v) is 2.74. The molecule has 0 N–H and O–H groups in total. The van der Waals surface area contributed by atoms with Gasteiger partial charge in [0.2, 0.25) is 5.88 Å². The maximum absolute atomic E-state index is 4.74. The molecule has 1 aliphatic rings. The van der Waals surface area contributed by atoms with Gasteiger partial charge in [-0.25, -0.2) is 4.99 Å². The predicted octanol–water partition coefficient (Wildman–Crippen LogP) is 1.58. The minimum absolute atomic E-state index is 0.523. The van der Waals surface area contributed by atoms with Crippen molar-refractivity contribution in [1.82, 2.24) is 0 Å². The monoisotopic (exact) mass is 113 g/mol. The fourth-order valence-corrected chi connectivity index (χ4v) is 0.310. The summed E-state index contributed by atoms with van der Waals surface area (Å²) in [4.78, 5) is 3.69. The number of hydrogen-bond acceptors (Lipinski definition) is 2. The Morgan fingerprint density at radius 2 is 2.38 bits per heavy atom. The highest BCUT2D eigenvalue weighted by Gasteiger charge is 1.92. The molecule has 0 unspecified atom stereocenters. The quantitative estimate of drug-likeness (QED) is 0.467. The maximum Gasteiger partial charge on any atom is 0.205 e. The molecule has 0 saturated carbocycles. The second-order valence-corrected chi connectivity index (χ2v) is 1.02. The molecule has 1 aliphatic heterocycles. The molecule has 0 aromatic heterocycles. The first-order valence-electron chi connectivity index (χ1n) is 2.74. The minimum atomic E-state index is 0.523. The average Bonchev–Trinajstić information content (AvgIpc) is 2.24. The smallest absolute Gasteiger partial charge is 0.205 e. The van der Waals surface area contributed by atoms with E-state index in [1.165, 1.54) is 0 Å². The third-order valence-corrected chi connectivity index (χ3v) is 0.560. The summed E-state index contributed by atoms with van der Waals surface area (Å²) in [6.07, 6.45) is 1.68. The van der Waals surface area contributed by atoms with Crippen LogP contribution in [0.5, 0.6) is 0 Å². The zero-order valence-corrected chi connectivity index (χ0v) is 5.35.